The van der Waals surface area contributed by atoms with E-state index in [1.54, 1.807) is 12.4 Å². The van der Waals surface area contributed by atoms with E-state index >= 15 is 0 Å². The van der Waals surface area contributed by atoms with Gasteiger partial charge >= 0.3 is 0 Å². The van der Waals surface area contributed by atoms with Crippen LogP contribution in [0.3, 0.4) is 0 Å². The first-order valence-electron chi connectivity index (χ1n) is 6.21. The first-order valence-corrected chi connectivity index (χ1v) is 6.21. The minimum Gasteiger partial charge on any atom is -0.304 e. The van der Waals surface area contributed by atoms with Crippen molar-refractivity contribution in [2.75, 3.05) is 11.4 Å². The number of halogens is 1. The summed E-state index contributed by atoms with van der Waals surface area (Å²) in [6.45, 7) is 0.370. The Bertz CT molecular complexity index is 686. The van der Waals surface area contributed by atoms with Crippen LogP contribution in [0.15, 0.2) is 42.7 Å². The van der Waals surface area contributed by atoms with Crippen LogP contribution in [-0.4, -0.2) is 23.2 Å². The molecule has 1 aromatic carbocycles. The predicted molar refractivity (Wildman–Crippen MR) is 71.0 cm³/mol. The summed E-state index contributed by atoms with van der Waals surface area (Å²) in [6.07, 6.45) is 3.98. The fourth-order valence-electron chi connectivity index (χ4n) is 2.28. The molecule has 2 heterocycles. The molecule has 1 aliphatic rings. The zero-order valence-corrected chi connectivity index (χ0v) is 10.5. The van der Waals surface area contributed by atoms with Crippen molar-refractivity contribution in [3.05, 3.63) is 59.7 Å². The Labute approximate surface area is 114 Å². The molecule has 5 heteroatoms. The molecule has 1 amide bonds. The van der Waals surface area contributed by atoms with Crippen LogP contribution in [0.4, 0.5) is 10.1 Å². The molecule has 0 saturated carbocycles. The second-order valence-electron chi connectivity index (χ2n) is 4.56. The van der Waals surface area contributed by atoms with Crippen LogP contribution < -0.4 is 4.90 Å². The molecule has 0 spiro atoms. The smallest absolute Gasteiger partial charge is 0.299 e. The molecule has 0 bridgehead atoms. The highest BCUT2D eigenvalue weighted by molar-refractivity contribution is 6.52. The molecule has 0 atom stereocenters. The number of rotatable bonds is 3. The lowest BCUT2D eigenvalue weighted by Crippen LogP contribution is -2.31. The van der Waals surface area contributed by atoms with Gasteiger partial charge in [0.05, 0.1) is 11.3 Å². The number of carbonyl (C=O) groups excluding carboxylic acids is 2. The van der Waals surface area contributed by atoms with Crippen LogP contribution in [0.1, 0.15) is 15.9 Å². The van der Waals surface area contributed by atoms with Crippen molar-refractivity contribution in [1.82, 2.24) is 4.98 Å². The molecule has 0 radical (unpaired) electrons. The number of aromatic nitrogens is 1. The maximum absolute atomic E-state index is 13.1. The van der Waals surface area contributed by atoms with Gasteiger partial charge in [-0.1, -0.05) is 6.07 Å². The Hall–Kier alpha value is -2.56. The van der Waals surface area contributed by atoms with E-state index in [0.29, 0.717) is 18.7 Å². The third-order valence-corrected chi connectivity index (χ3v) is 3.28. The Balaban J connectivity index is 1.84. The van der Waals surface area contributed by atoms with Gasteiger partial charge in [-0.15, -0.1) is 0 Å². The first kappa shape index (κ1) is 12.5. The standard InChI is InChI=1S/C15H11FN2O2/c16-11-3-4-13-12(8-11)14(19)15(20)18(13)7-5-10-2-1-6-17-9-10/h1-4,6,8-9H,5,7H2. The van der Waals surface area contributed by atoms with Crippen LogP contribution in [0.5, 0.6) is 0 Å². The number of benzene rings is 1. The number of hydrogen-bond acceptors (Lipinski definition) is 3. The number of fused-ring (bicyclic) bond motifs is 1. The van der Waals surface area contributed by atoms with E-state index in [-0.39, 0.29) is 5.56 Å². The highest BCUT2D eigenvalue weighted by atomic mass is 19.1. The molecular formula is C15H11FN2O2. The number of Topliss-reactive ketones (excluding diaryl/α,β-unsaturated/α-hetero) is 1. The zero-order valence-electron chi connectivity index (χ0n) is 10.5. The first-order chi connectivity index (χ1) is 9.66. The van der Waals surface area contributed by atoms with Gasteiger partial charge in [-0.3, -0.25) is 14.6 Å². The Morgan fingerprint density at radius 2 is 2.05 bits per heavy atom. The highest BCUT2D eigenvalue weighted by Crippen LogP contribution is 2.29. The van der Waals surface area contributed by atoms with E-state index in [2.05, 4.69) is 4.98 Å². The molecule has 0 N–H and O–H groups in total. The lowest BCUT2D eigenvalue weighted by Gasteiger charge is -2.16. The maximum atomic E-state index is 13.1. The van der Waals surface area contributed by atoms with E-state index in [1.165, 1.54) is 17.0 Å². The fraction of sp³-hybridized carbons (Fsp3) is 0.133. The van der Waals surface area contributed by atoms with Gasteiger partial charge in [-0.05, 0) is 36.2 Å². The molecule has 3 rings (SSSR count). The summed E-state index contributed by atoms with van der Waals surface area (Å²) in [6, 6.07) is 7.55. The summed E-state index contributed by atoms with van der Waals surface area (Å²) in [5, 5.41) is 0. The monoisotopic (exact) mass is 270 g/mol. The number of anilines is 1. The van der Waals surface area contributed by atoms with Crippen molar-refractivity contribution >= 4 is 17.4 Å². The number of carbonyl (C=O) groups is 2. The third kappa shape index (κ3) is 2.07. The molecular weight excluding hydrogens is 259 g/mol. The lowest BCUT2D eigenvalue weighted by molar-refractivity contribution is -0.114. The average Bonchev–Trinajstić information content (AvgIpc) is 2.70. The van der Waals surface area contributed by atoms with Crippen LogP contribution in [0.2, 0.25) is 0 Å². The normalized spacial score (nSPS) is 13.8. The minimum absolute atomic E-state index is 0.140. The van der Waals surface area contributed by atoms with Crippen LogP contribution in [-0.2, 0) is 11.2 Å². The largest absolute Gasteiger partial charge is 0.304 e. The number of nitrogens with zero attached hydrogens (tertiary/aromatic N) is 2. The summed E-state index contributed by atoms with van der Waals surface area (Å²) < 4.78 is 13.1. The van der Waals surface area contributed by atoms with Gasteiger partial charge in [-0.25, -0.2) is 4.39 Å². The quantitative estimate of drug-likeness (QED) is 0.801. The van der Waals surface area contributed by atoms with Gasteiger partial charge in [-0.2, -0.15) is 0 Å². The summed E-state index contributed by atoms with van der Waals surface area (Å²) in [7, 11) is 0. The topological polar surface area (TPSA) is 50.3 Å². The zero-order chi connectivity index (χ0) is 14.1. The molecule has 0 fully saturated rings. The average molecular weight is 270 g/mol. The lowest BCUT2D eigenvalue weighted by atomic mass is 10.1. The van der Waals surface area contributed by atoms with Gasteiger partial charge in [0, 0.05) is 18.9 Å². The van der Waals surface area contributed by atoms with Gasteiger partial charge in [0.15, 0.2) is 0 Å². The summed E-state index contributed by atoms with van der Waals surface area (Å²) in [4.78, 5) is 29.1. The van der Waals surface area contributed by atoms with Crippen molar-refractivity contribution in [3.63, 3.8) is 0 Å². The number of amides is 1. The Morgan fingerprint density at radius 1 is 1.20 bits per heavy atom. The molecule has 1 aromatic heterocycles. The van der Waals surface area contributed by atoms with E-state index in [1.807, 2.05) is 12.1 Å². The van der Waals surface area contributed by atoms with Crippen molar-refractivity contribution in [2.45, 2.75) is 6.42 Å². The summed E-state index contributed by atoms with van der Waals surface area (Å²) in [5.74, 6) is -1.76. The van der Waals surface area contributed by atoms with Crippen LogP contribution in [0, 0.1) is 5.82 Å². The number of hydrogen-bond donors (Lipinski definition) is 0. The predicted octanol–water partition coefficient (Wildman–Crippen LogP) is 1.99. The highest BCUT2D eigenvalue weighted by Gasteiger charge is 2.35. The van der Waals surface area contributed by atoms with E-state index in [9.17, 15) is 14.0 Å². The maximum Gasteiger partial charge on any atom is 0.299 e. The van der Waals surface area contributed by atoms with Crippen molar-refractivity contribution < 1.29 is 14.0 Å². The second kappa shape index (κ2) is 4.85. The SMILES string of the molecule is O=C1C(=O)N(CCc2cccnc2)c2ccc(F)cc21. The van der Waals surface area contributed by atoms with Gasteiger partial charge in [0.25, 0.3) is 11.7 Å². The van der Waals surface area contributed by atoms with Gasteiger partial charge in [0.2, 0.25) is 0 Å². The number of pyridine rings is 1. The van der Waals surface area contributed by atoms with Crippen molar-refractivity contribution in [3.8, 4) is 0 Å². The van der Waals surface area contributed by atoms with Gasteiger partial charge in [0.1, 0.15) is 5.82 Å². The van der Waals surface area contributed by atoms with E-state index < -0.39 is 17.5 Å². The molecule has 4 nitrogen and oxygen atoms in total. The molecule has 0 saturated heterocycles. The van der Waals surface area contributed by atoms with E-state index in [4.69, 9.17) is 0 Å². The molecule has 20 heavy (non-hydrogen) atoms. The second-order valence-corrected chi connectivity index (χ2v) is 4.56. The Kier molecular flexibility index (Phi) is 3.02. The fourth-order valence-corrected chi connectivity index (χ4v) is 2.28. The minimum atomic E-state index is -0.648. The summed E-state index contributed by atoms with van der Waals surface area (Å²) in [5.41, 5.74) is 1.59. The summed E-state index contributed by atoms with van der Waals surface area (Å²) >= 11 is 0. The van der Waals surface area contributed by atoms with Crippen molar-refractivity contribution in [1.29, 1.82) is 0 Å². The third-order valence-electron chi connectivity index (χ3n) is 3.28. The molecule has 1 aliphatic heterocycles. The Morgan fingerprint density at radius 3 is 2.80 bits per heavy atom. The molecule has 0 aliphatic carbocycles. The molecule has 2 aromatic rings. The van der Waals surface area contributed by atoms with Gasteiger partial charge < -0.3 is 4.90 Å². The molecule has 100 valence electrons. The van der Waals surface area contributed by atoms with Crippen LogP contribution in [0.25, 0.3) is 0 Å². The van der Waals surface area contributed by atoms with Crippen molar-refractivity contribution in [2.24, 2.45) is 0 Å². The van der Waals surface area contributed by atoms with E-state index in [0.717, 1.165) is 11.6 Å². The molecule has 0 unspecified atom stereocenters. The number of ketones is 1. The van der Waals surface area contributed by atoms with Crippen LogP contribution >= 0.6 is 0 Å².